The van der Waals surface area contributed by atoms with E-state index in [0.717, 1.165) is 25.2 Å². The Morgan fingerprint density at radius 1 is 0.962 bits per heavy atom. The zero-order valence-electron chi connectivity index (χ0n) is 14.6. The maximum Gasteiger partial charge on any atom is 0.253 e. The molecule has 1 amide bonds. The molecule has 4 rings (SSSR count). The Kier molecular flexibility index (Phi) is 4.58. The smallest absolute Gasteiger partial charge is 0.253 e. The molecule has 0 aliphatic carbocycles. The van der Waals surface area contributed by atoms with E-state index in [2.05, 4.69) is 4.90 Å². The molecule has 0 N–H and O–H groups in total. The van der Waals surface area contributed by atoms with Crippen LogP contribution in [0.15, 0.2) is 48.8 Å². The van der Waals surface area contributed by atoms with E-state index in [-0.39, 0.29) is 17.7 Å². The highest BCUT2D eigenvalue weighted by Crippen LogP contribution is 2.20. The van der Waals surface area contributed by atoms with Crippen LogP contribution in [0.5, 0.6) is 0 Å². The van der Waals surface area contributed by atoms with Crippen molar-refractivity contribution < 1.29 is 13.2 Å². The molecule has 0 unspecified atom stereocenters. The molecule has 3 heterocycles. The number of benzene rings is 1. The lowest BCUT2D eigenvalue weighted by atomic mass is 10.1. The summed E-state index contributed by atoms with van der Waals surface area (Å²) in [5.74, 6) is 0.606. The van der Waals surface area contributed by atoms with Gasteiger partial charge in [-0.1, -0.05) is 0 Å². The molecule has 6 nitrogen and oxygen atoms in total. The number of hydrogen-bond acceptors (Lipinski definition) is 4. The van der Waals surface area contributed by atoms with Gasteiger partial charge < -0.3 is 9.47 Å². The van der Waals surface area contributed by atoms with E-state index in [4.69, 9.17) is 0 Å². The van der Waals surface area contributed by atoms with Crippen LogP contribution in [0.2, 0.25) is 0 Å². The summed E-state index contributed by atoms with van der Waals surface area (Å²) in [6.07, 6.45) is 4.66. The summed E-state index contributed by atoms with van der Waals surface area (Å²) in [4.78, 5) is 16.8. The quantitative estimate of drug-likeness (QED) is 0.816. The summed E-state index contributed by atoms with van der Waals surface area (Å²) in [5.41, 5.74) is 1.72. The molecule has 0 spiro atoms. The minimum Gasteiger partial charge on any atom is -0.336 e. The maximum absolute atomic E-state index is 12.7. The molecule has 2 aliphatic heterocycles. The first-order chi connectivity index (χ1) is 12.5. The summed E-state index contributed by atoms with van der Waals surface area (Å²) in [6.45, 7) is 2.78. The lowest BCUT2D eigenvalue weighted by molar-refractivity contribution is 0.0588. The number of carbonyl (C=O) groups is 1. The second-order valence-electron chi connectivity index (χ2n) is 7.02. The standard InChI is InChI=1S/C19H23N3O3S/c23-19(16-3-5-17(6-4-16)20-8-1-2-9-20)22-12-10-21(11-13-22)18-7-14-26(24,25)15-18/h1-6,8-9,18H,7,10-15H2/t18-/m1/s1. The SMILES string of the molecule is O=C(c1ccc(-n2cccc2)cc1)N1CCN([C@@H]2CCS(=O)(=O)C2)CC1. The van der Waals surface area contributed by atoms with Crippen LogP contribution in [-0.2, 0) is 9.84 Å². The van der Waals surface area contributed by atoms with Gasteiger partial charge in [-0.15, -0.1) is 0 Å². The molecule has 0 saturated carbocycles. The highest BCUT2D eigenvalue weighted by molar-refractivity contribution is 7.91. The molecule has 1 aromatic carbocycles. The maximum atomic E-state index is 12.7. The Labute approximate surface area is 153 Å². The van der Waals surface area contributed by atoms with Crippen molar-refractivity contribution in [2.24, 2.45) is 0 Å². The lowest BCUT2D eigenvalue weighted by Gasteiger charge is -2.37. The first-order valence-electron chi connectivity index (χ1n) is 8.99. The van der Waals surface area contributed by atoms with Crippen LogP contribution in [0.1, 0.15) is 16.8 Å². The van der Waals surface area contributed by atoms with Gasteiger partial charge in [0, 0.05) is 55.9 Å². The van der Waals surface area contributed by atoms with Crippen LogP contribution in [0.4, 0.5) is 0 Å². The van der Waals surface area contributed by atoms with Gasteiger partial charge in [-0.2, -0.15) is 0 Å². The molecule has 138 valence electrons. The number of nitrogens with zero attached hydrogens (tertiary/aromatic N) is 3. The van der Waals surface area contributed by atoms with E-state index in [1.54, 1.807) is 0 Å². The van der Waals surface area contributed by atoms with E-state index < -0.39 is 9.84 Å². The molecule has 2 fully saturated rings. The highest BCUT2D eigenvalue weighted by Gasteiger charge is 2.34. The van der Waals surface area contributed by atoms with Crippen molar-refractivity contribution in [3.63, 3.8) is 0 Å². The van der Waals surface area contributed by atoms with Crippen molar-refractivity contribution in [2.45, 2.75) is 12.5 Å². The molecule has 1 aromatic heterocycles. The molecular weight excluding hydrogens is 350 g/mol. The molecule has 0 radical (unpaired) electrons. The fourth-order valence-electron chi connectivity index (χ4n) is 3.82. The Bertz CT molecular complexity index is 867. The molecule has 0 bridgehead atoms. The number of carbonyl (C=O) groups excluding carboxylic acids is 1. The summed E-state index contributed by atoms with van der Waals surface area (Å²) < 4.78 is 25.3. The van der Waals surface area contributed by atoms with Crippen molar-refractivity contribution in [3.05, 3.63) is 54.4 Å². The number of amides is 1. The van der Waals surface area contributed by atoms with Gasteiger partial charge in [-0.05, 0) is 42.8 Å². The minimum absolute atomic E-state index is 0.0442. The first-order valence-corrected chi connectivity index (χ1v) is 10.8. The number of aromatic nitrogens is 1. The average molecular weight is 373 g/mol. The van der Waals surface area contributed by atoms with Gasteiger partial charge in [-0.25, -0.2) is 8.42 Å². The van der Waals surface area contributed by atoms with Gasteiger partial charge in [0.05, 0.1) is 11.5 Å². The Balaban J connectivity index is 1.36. The van der Waals surface area contributed by atoms with E-state index in [1.807, 2.05) is 58.3 Å². The fourth-order valence-corrected chi connectivity index (χ4v) is 5.58. The molecule has 2 aromatic rings. The Morgan fingerprint density at radius 2 is 1.62 bits per heavy atom. The van der Waals surface area contributed by atoms with Crippen LogP contribution in [0, 0.1) is 0 Å². The number of piperazine rings is 1. The zero-order valence-corrected chi connectivity index (χ0v) is 15.4. The van der Waals surface area contributed by atoms with Gasteiger partial charge in [0.1, 0.15) is 0 Å². The summed E-state index contributed by atoms with van der Waals surface area (Å²) in [6, 6.07) is 11.7. The van der Waals surface area contributed by atoms with Crippen molar-refractivity contribution in [2.75, 3.05) is 37.7 Å². The van der Waals surface area contributed by atoms with Crippen LogP contribution < -0.4 is 0 Å². The van der Waals surface area contributed by atoms with Gasteiger partial charge in [0.15, 0.2) is 9.84 Å². The van der Waals surface area contributed by atoms with Crippen molar-refractivity contribution in [1.29, 1.82) is 0 Å². The van der Waals surface area contributed by atoms with E-state index in [9.17, 15) is 13.2 Å². The minimum atomic E-state index is -2.86. The van der Waals surface area contributed by atoms with E-state index in [0.29, 0.717) is 24.4 Å². The topological polar surface area (TPSA) is 62.6 Å². The lowest BCUT2D eigenvalue weighted by Crippen LogP contribution is -2.52. The molecule has 2 aliphatic rings. The van der Waals surface area contributed by atoms with Gasteiger partial charge in [0.2, 0.25) is 0 Å². The van der Waals surface area contributed by atoms with E-state index in [1.165, 1.54) is 0 Å². The molecular formula is C19H23N3O3S. The van der Waals surface area contributed by atoms with Gasteiger partial charge >= 0.3 is 0 Å². The Morgan fingerprint density at radius 3 is 2.19 bits per heavy atom. The summed E-state index contributed by atoms with van der Waals surface area (Å²) >= 11 is 0. The number of hydrogen-bond donors (Lipinski definition) is 0. The molecule has 26 heavy (non-hydrogen) atoms. The molecule has 7 heteroatoms. The van der Waals surface area contributed by atoms with Crippen LogP contribution in [-0.4, -0.2) is 72.4 Å². The third-order valence-corrected chi connectivity index (χ3v) is 7.09. The first kappa shape index (κ1) is 17.3. The normalized spacial score (nSPS) is 23.2. The van der Waals surface area contributed by atoms with Crippen molar-refractivity contribution >= 4 is 15.7 Å². The second kappa shape index (κ2) is 6.89. The van der Waals surface area contributed by atoms with Gasteiger partial charge in [-0.3, -0.25) is 9.69 Å². The monoisotopic (exact) mass is 373 g/mol. The van der Waals surface area contributed by atoms with Crippen molar-refractivity contribution in [1.82, 2.24) is 14.4 Å². The summed E-state index contributed by atoms with van der Waals surface area (Å²) in [7, 11) is -2.86. The van der Waals surface area contributed by atoms with Crippen LogP contribution >= 0.6 is 0 Å². The van der Waals surface area contributed by atoms with Crippen LogP contribution in [0.3, 0.4) is 0 Å². The van der Waals surface area contributed by atoms with Crippen LogP contribution in [0.25, 0.3) is 5.69 Å². The van der Waals surface area contributed by atoms with Gasteiger partial charge in [0.25, 0.3) is 5.91 Å². The fraction of sp³-hybridized carbons (Fsp3) is 0.421. The third kappa shape index (κ3) is 3.54. The predicted octanol–water partition coefficient (Wildman–Crippen LogP) is 1.42. The molecule has 2 saturated heterocycles. The second-order valence-corrected chi connectivity index (χ2v) is 9.25. The van der Waals surface area contributed by atoms with Crippen molar-refractivity contribution in [3.8, 4) is 5.69 Å². The number of sulfone groups is 1. The number of rotatable bonds is 3. The average Bonchev–Trinajstić information content (AvgIpc) is 3.31. The largest absolute Gasteiger partial charge is 0.336 e. The molecule has 1 atom stereocenters. The highest BCUT2D eigenvalue weighted by atomic mass is 32.2. The third-order valence-electron chi connectivity index (χ3n) is 5.34. The van der Waals surface area contributed by atoms with E-state index >= 15 is 0 Å². The summed E-state index contributed by atoms with van der Waals surface area (Å²) in [5, 5.41) is 0. The predicted molar refractivity (Wildman–Crippen MR) is 100 cm³/mol. The zero-order chi connectivity index (χ0) is 18.1. The Hall–Kier alpha value is -2.12.